The van der Waals surface area contributed by atoms with Crippen molar-refractivity contribution in [3.63, 3.8) is 0 Å². The highest BCUT2D eigenvalue weighted by atomic mass is 16.2. The third-order valence-electron chi connectivity index (χ3n) is 4.10. The molecule has 3 rings (SSSR count). The molecule has 0 spiro atoms. The predicted molar refractivity (Wildman–Crippen MR) is 95.3 cm³/mol. The van der Waals surface area contributed by atoms with Crippen molar-refractivity contribution in [2.45, 2.75) is 24.9 Å². The van der Waals surface area contributed by atoms with Gasteiger partial charge in [-0.05, 0) is 12.1 Å². The number of hydrogen-bond donors (Lipinski definition) is 2. The first kappa shape index (κ1) is 17.4. The van der Waals surface area contributed by atoms with Crippen LogP contribution < -0.4 is 16.6 Å². The number of rotatable bonds is 7. The molecule has 0 saturated heterocycles. The average molecular weight is 351 g/mol. The lowest BCUT2D eigenvalue weighted by Gasteiger charge is -2.10. The minimum Gasteiger partial charge on any atom is -0.352 e. The molecule has 0 saturated carbocycles. The molecule has 1 amide bonds. The summed E-state index contributed by atoms with van der Waals surface area (Å²) in [4.78, 5) is 39.3. The van der Waals surface area contributed by atoms with E-state index < -0.39 is 22.8 Å². The van der Waals surface area contributed by atoms with Crippen molar-refractivity contribution in [3.8, 4) is 18.0 Å². The van der Waals surface area contributed by atoms with Crippen molar-refractivity contribution >= 4 is 5.91 Å². The highest BCUT2D eigenvalue weighted by Crippen LogP contribution is 2.35. The number of H-pyrrole nitrogens is 1. The first-order valence-electron chi connectivity index (χ1n) is 8.12. The summed E-state index contributed by atoms with van der Waals surface area (Å²) in [6, 6.07) is 8.40. The fourth-order valence-electron chi connectivity index (χ4n) is 2.59. The lowest BCUT2D eigenvalue weighted by molar-refractivity contribution is 0.0949. The molecule has 1 aromatic heterocycles. The summed E-state index contributed by atoms with van der Waals surface area (Å²) in [5.41, 5.74) is -1.55. The Hall–Kier alpha value is -3.47. The van der Waals surface area contributed by atoms with Gasteiger partial charge in [-0.2, -0.15) is 10.2 Å². The van der Waals surface area contributed by atoms with Gasteiger partial charge in [0.15, 0.2) is 5.66 Å². The molecular formula is C18H17N5O3. The van der Waals surface area contributed by atoms with Crippen LogP contribution in [0, 0.1) is 12.3 Å². The second kappa shape index (κ2) is 7.19. The summed E-state index contributed by atoms with van der Waals surface area (Å²) >= 11 is 0. The normalized spacial score (nSPS) is 13.8. The van der Waals surface area contributed by atoms with Crippen molar-refractivity contribution in [1.82, 2.24) is 14.9 Å². The van der Waals surface area contributed by atoms with Crippen LogP contribution in [-0.2, 0) is 0 Å². The molecule has 0 bridgehead atoms. The fourth-order valence-corrected chi connectivity index (χ4v) is 2.59. The van der Waals surface area contributed by atoms with Gasteiger partial charge in [0.25, 0.3) is 11.5 Å². The first-order valence-corrected chi connectivity index (χ1v) is 8.12. The van der Waals surface area contributed by atoms with E-state index in [4.69, 9.17) is 6.42 Å². The number of para-hydroxylation sites is 1. The Morgan fingerprint density at radius 3 is 2.62 bits per heavy atom. The predicted octanol–water partition coefficient (Wildman–Crippen LogP) is 1.22. The van der Waals surface area contributed by atoms with E-state index in [0.29, 0.717) is 31.5 Å². The summed E-state index contributed by atoms with van der Waals surface area (Å²) in [7, 11) is 0. The minimum absolute atomic E-state index is 0.143. The Bertz CT molecular complexity index is 992. The summed E-state index contributed by atoms with van der Waals surface area (Å²) < 4.78 is 0.925. The molecule has 2 N–H and O–H groups in total. The SMILES string of the molecule is C#CCCC1(CCNC(=O)c2c[nH]c(=O)n(-c3ccccc3)c2=O)N=N1. The smallest absolute Gasteiger partial charge is 0.333 e. The van der Waals surface area contributed by atoms with E-state index >= 15 is 0 Å². The number of amides is 1. The van der Waals surface area contributed by atoms with E-state index in [1.165, 1.54) is 0 Å². The maximum atomic E-state index is 12.6. The van der Waals surface area contributed by atoms with Gasteiger partial charge in [-0.15, -0.1) is 12.3 Å². The van der Waals surface area contributed by atoms with Gasteiger partial charge in [-0.3, -0.25) is 9.59 Å². The van der Waals surface area contributed by atoms with Crippen LogP contribution in [0.15, 0.2) is 56.3 Å². The van der Waals surface area contributed by atoms with Gasteiger partial charge in [-0.1, -0.05) is 18.2 Å². The molecular weight excluding hydrogens is 334 g/mol. The molecule has 0 unspecified atom stereocenters. The van der Waals surface area contributed by atoms with E-state index in [-0.39, 0.29) is 5.56 Å². The zero-order valence-electron chi connectivity index (χ0n) is 13.9. The molecule has 8 heteroatoms. The molecule has 132 valence electrons. The molecule has 26 heavy (non-hydrogen) atoms. The Labute approximate surface area is 149 Å². The van der Waals surface area contributed by atoms with E-state index in [1.807, 2.05) is 0 Å². The lowest BCUT2D eigenvalue weighted by Crippen LogP contribution is -2.40. The molecule has 0 radical (unpaired) electrons. The largest absolute Gasteiger partial charge is 0.352 e. The van der Waals surface area contributed by atoms with Gasteiger partial charge in [0.1, 0.15) is 5.56 Å². The third-order valence-corrected chi connectivity index (χ3v) is 4.10. The van der Waals surface area contributed by atoms with Crippen LogP contribution in [-0.4, -0.2) is 27.7 Å². The molecule has 0 atom stereocenters. The van der Waals surface area contributed by atoms with Crippen LogP contribution in [0.4, 0.5) is 0 Å². The van der Waals surface area contributed by atoms with Gasteiger partial charge in [-0.25, -0.2) is 9.36 Å². The van der Waals surface area contributed by atoms with Gasteiger partial charge >= 0.3 is 5.69 Å². The molecule has 8 nitrogen and oxygen atoms in total. The number of aromatic nitrogens is 2. The van der Waals surface area contributed by atoms with Crippen molar-refractivity contribution in [3.05, 3.63) is 62.9 Å². The van der Waals surface area contributed by atoms with Gasteiger partial charge < -0.3 is 10.3 Å². The Kier molecular flexibility index (Phi) is 4.80. The maximum Gasteiger partial charge on any atom is 0.333 e. The number of carbonyl (C=O) groups is 1. The minimum atomic E-state index is -0.680. The average Bonchev–Trinajstić information content (AvgIpc) is 3.41. The van der Waals surface area contributed by atoms with Gasteiger partial charge in [0.05, 0.1) is 5.69 Å². The quantitative estimate of drug-likeness (QED) is 0.732. The summed E-state index contributed by atoms with van der Waals surface area (Å²) in [5, 5.41) is 10.6. The standard InChI is InChI=1S/C18H17N5O3/c1-2-3-9-18(21-22-18)10-11-19-15(24)14-12-20-17(26)23(16(14)25)13-7-5-4-6-8-13/h1,4-8,12H,3,9-11H2,(H,19,24)(H,20,26). The van der Waals surface area contributed by atoms with Crippen LogP contribution in [0.5, 0.6) is 0 Å². The zero-order chi connectivity index (χ0) is 18.6. The number of nitrogens with zero attached hydrogens (tertiary/aromatic N) is 3. The van der Waals surface area contributed by atoms with Gasteiger partial charge in [0.2, 0.25) is 0 Å². The first-order chi connectivity index (χ1) is 12.6. The van der Waals surface area contributed by atoms with Crippen LogP contribution in [0.3, 0.4) is 0 Å². The lowest BCUT2D eigenvalue weighted by atomic mass is 10.0. The Balaban J connectivity index is 1.72. The maximum absolute atomic E-state index is 12.6. The number of aromatic amines is 1. The Morgan fingerprint density at radius 2 is 1.96 bits per heavy atom. The molecule has 0 fully saturated rings. The van der Waals surface area contributed by atoms with Crippen LogP contribution in [0.2, 0.25) is 0 Å². The Morgan fingerprint density at radius 1 is 1.23 bits per heavy atom. The number of hydrogen-bond acceptors (Lipinski definition) is 5. The van der Waals surface area contributed by atoms with Crippen LogP contribution >= 0.6 is 0 Å². The second-order valence-electron chi connectivity index (χ2n) is 5.88. The van der Waals surface area contributed by atoms with E-state index in [1.54, 1.807) is 30.3 Å². The molecule has 2 aromatic rings. The monoisotopic (exact) mass is 351 g/mol. The van der Waals surface area contributed by atoms with E-state index in [2.05, 4.69) is 26.4 Å². The number of terminal acetylenes is 1. The van der Waals surface area contributed by atoms with Crippen molar-refractivity contribution in [1.29, 1.82) is 0 Å². The van der Waals surface area contributed by atoms with Crippen LogP contribution in [0.1, 0.15) is 29.6 Å². The van der Waals surface area contributed by atoms with E-state index in [0.717, 1.165) is 10.8 Å². The summed E-state index contributed by atoms with van der Waals surface area (Å²) in [6.07, 6.45) is 8.07. The summed E-state index contributed by atoms with van der Waals surface area (Å²) in [6.45, 7) is 0.292. The van der Waals surface area contributed by atoms with E-state index in [9.17, 15) is 14.4 Å². The molecule has 1 aromatic carbocycles. The van der Waals surface area contributed by atoms with Crippen molar-refractivity contribution in [2.24, 2.45) is 10.2 Å². The summed E-state index contributed by atoms with van der Waals surface area (Å²) in [5.74, 6) is 1.97. The van der Waals surface area contributed by atoms with Crippen molar-refractivity contribution < 1.29 is 4.79 Å². The number of benzene rings is 1. The van der Waals surface area contributed by atoms with Crippen molar-refractivity contribution in [2.75, 3.05) is 6.54 Å². The van der Waals surface area contributed by atoms with Gasteiger partial charge in [0, 0.05) is 32.0 Å². The fraction of sp³-hybridized carbons (Fsp3) is 0.278. The topological polar surface area (TPSA) is 109 Å². The molecule has 1 aliphatic rings. The third kappa shape index (κ3) is 3.62. The molecule has 1 aliphatic heterocycles. The van der Waals surface area contributed by atoms with Crippen LogP contribution in [0.25, 0.3) is 5.69 Å². The number of carbonyl (C=O) groups excluding carboxylic acids is 1. The molecule has 2 heterocycles. The highest BCUT2D eigenvalue weighted by molar-refractivity contribution is 5.93. The highest BCUT2D eigenvalue weighted by Gasteiger charge is 2.38. The number of nitrogens with one attached hydrogen (secondary N) is 2. The zero-order valence-corrected chi connectivity index (χ0v) is 13.9. The second-order valence-corrected chi connectivity index (χ2v) is 5.88. The molecule has 0 aliphatic carbocycles.